The fourth-order valence-electron chi connectivity index (χ4n) is 3.97. The van der Waals surface area contributed by atoms with Crippen LogP contribution in [0.5, 0.6) is 0 Å². The van der Waals surface area contributed by atoms with Gasteiger partial charge in [0.05, 0.1) is 5.25 Å². The Balaban J connectivity index is 1.46. The molecular weight excluding hydrogens is 472 g/mol. The second-order valence-electron chi connectivity index (χ2n) is 8.00. The van der Waals surface area contributed by atoms with Crippen molar-refractivity contribution in [2.75, 3.05) is 24.5 Å². The molecule has 0 N–H and O–H groups in total. The van der Waals surface area contributed by atoms with Gasteiger partial charge in [0.25, 0.3) is 11.1 Å². The van der Waals surface area contributed by atoms with Gasteiger partial charge in [0.15, 0.2) is 0 Å². The van der Waals surface area contributed by atoms with Crippen LogP contribution < -0.4 is 4.90 Å². The lowest BCUT2D eigenvalue weighted by Gasteiger charge is -2.21. The van der Waals surface area contributed by atoms with E-state index in [0.29, 0.717) is 34.7 Å². The van der Waals surface area contributed by atoms with Crippen molar-refractivity contribution < 1.29 is 14.0 Å². The van der Waals surface area contributed by atoms with Gasteiger partial charge in [0.2, 0.25) is 11.8 Å². The third-order valence-corrected chi connectivity index (χ3v) is 7.21. The van der Waals surface area contributed by atoms with Crippen molar-refractivity contribution in [1.29, 1.82) is 0 Å². The Morgan fingerprint density at radius 2 is 1.79 bits per heavy atom. The van der Waals surface area contributed by atoms with Gasteiger partial charge in [0, 0.05) is 41.5 Å². The smallest absolute Gasteiger partial charge is 0.277 e. The number of carbonyl (C=O) groups excluding carboxylic acids is 2. The highest BCUT2D eigenvalue weighted by Gasteiger charge is 2.33. The molecule has 0 radical (unpaired) electrons. The molecule has 2 amide bonds. The van der Waals surface area contributed by atoms with Crippen LogP contribution in [0.2, 0.25) is 5.02 Å². The number of nitrogens with zero attached hydrogens (tertiary/aromatic N) is 4. The first-order valence-corrected chi connectivity index (χ1v) is 12.7. The maximum atomic E-state index is 13.2. The Hall–Kier alpha value is -2.84. The number of hydrogen-bond acceptors (Lipinski definition) is 7. The van der Waals surface area contributed by atoms with E-state index in [1.54, 1.807) is 24.3 Å². The predicted molar refractivity (Wildman–Crippen MR) is 134 cm³/mol. The first kappa shape index (κ1) is 24.3. The minimum Gasteiger partial charge on any atom is -0.411 e. The average Bonchev–Trinajstić information content (AvgIpc) is 3.25. The molecule has 2 aromatic carbocycles. The number of rotatable bonds is 7. The van der Waals surface area contributed by atoms with Crippen molar-refractivity contribution >= 4 is 40.9 Å². The van der Waals surface area contributed by atoms with Gasteiger partial charge >= 0.3 is 0 Å². The zero-order valence-corrected chi connectivity index (χ0v) is 20.8. The standard InChI is InChI=1S/C25H27ClN4O3S/c1-3-29(4-2)20-14-10-17(11-15-20)22-27-28-25(33-22)34-21-7-5-6-16-30(24(21)32)23(31)18-8-12-19(26)13-9-18/h8-15,21H,3-7,16H2,1-2H3/t21-/m0/s1. The van der Waals surface area contributed by atoms with Gasteiger partial charge in [-0.3, -0.25) is 14.5 Å². The van der Waals surface area contributed by atoms with E-state index in [9.17, 15) is 9.59 Å². The zero-order valence-electron chi connectivity index (χ0n) is 19.2. The van der Waals surface area contributed by atoms with Crippen molar-refractivity contribution in [3.05, 3.63) is 59.1 Å². The van der Waals surface area contributed by atoms with Gasteiger partial charge in [-0.15, -0.1) is 10.2 Å². The minimum absolute atomic E-state index is 0.231. The molecule has 7 nitrogen and oxygen atoms in total. The largest absolute Gasteiger partial charge is 0.411 e. The topological polar surface area (TPSA) is 79.5 Å². The van der Waals surface area contributed by atoms with E-state index in [1.165, 1.54) is 16.7 Å². The van der Waals surface area contributed by atoms with Crippen LogP contribution in [-0.4, -0.2) is 51.8 Å². The predicted octanol–water partition coefficient (Wildman–Crippen LogP) is 5.55. The summed E-state index contributed by atoms with van der Waals surface area (Å²) >= 11 is 7.15. The van der Waals surface area contributed by atoms with Crippen molar-refractivity contribution in [3.8, 4) is 11.5 Å². The van der Waals surface area contributed by atoms with Gasteiger partial charge < -0.3 is 9.32 Å². The molecule has 0 unspecified atom stereocenters. The van der Waals surface area contributed by atoms with E-state index in [2.05, 4.69) is 28.9 Å². The maximum Gasteiger partial charge on any atom is 0.277 e. The van der Waals surface area contributed by atoms with Gasteiger partial charge in [0.1, 0.15) is 0 Å². The summed E-state index contributed by atoms with van der Waals surface area (Å²) in [4.78, 5) is 29.8. The van der Waals surface area contributed by atoms with E-state index < -0.39 is 5.25 Å². The monoisotopic (exact) mass is 498 g/mol. The Labute approximate surface area is 208 Å². The number of thioether (sulfide) groups is 1. The van der Waals surface area contributed by atoms with Crippen LogP contribution in [-0.2, 0) is 4.79 Å². The minimum atomic E-state index is -0.461. The SMILES string of the molecule is CCN(CC)c1ccc(-c2nnc(S[C@H]3CCCCN(C(=O)c4ccc(Cl)cc4)C3=O)o2)cc1. The summed E-state index contributed by atoms with van der Waals surface area (Å²) in [5.41, 5.74) is 2.40. The quantitative estimate of drug-likeness (QED) is 0.395. The summed E-state index contributed by atoms with van der Waals surface area (Å²) in [7, 11) is 0. The van der Waals surface area contributed by atoms with Gasteiger partial charge in [-0.05, 0) is 75.2 Å². The number of halogens is 1. The van der Waals surface area contributed by atoms with Crippen LogP contribution in [0.15, 0.2) is 58.2 Å². The molecular formula is C25H27ClN4O3S. The van der Waals surface area contributed by atoms with E-state index >= 15 is 0 Å². The normalized spacial score (nSPS) is 16.4. The van der Waals surface area contributed by atoms with Crippen molar-refractivity contribution in [1.82, 2.24) is 15.1 Å². The lowest BCUT2D eigenvalue weighted by atomic mass is 10.2. The van der Waals surface area contributed by atoms with E-state index in [1.807, 2.05) is 24.3 Å². The lowest BCUT2D eigenvalue weighted by molar-refractivity contribution is -0.127. The summed E-state index contributed by atoms with van der Waals surface area (Å²) in [6, 6.07) is 14.6. The maximum absolute atomic E-state index is 13.2. The number of aromatic nitrogens is 2. The highest BCUT2D eigenvalue weighted by molar-refractivity contribution is 8.00. The van der Waals surface area contributed by atoms with Gasteiger partial charge in [-0.1, -0.05) is 29.8 Å². The molecule has 1 aliphatic heterocycles. The van der Waals surface area contributed by atoms with Crippen molar-refractivity contribution in [2.24, 2.45) is 0 Å². The third kappa shape index (κ3) is 5.45. The molecule has 1 atom stereocenters. The van der Waals surface area contributed by atoms with Crippen LogP contribution >= 0.6 is 23.4 Å². The van der Waals surface area contributed by atoms with Crippen molar-refractivity contribution in [2.45, 2.75) is 43.6 Å². The first-order valence-electron chi connectivity index (χ1n) is 11.5. The highest BCUT2D eigenvalue weighted by atomic mass is 35.5. The molecule has 1 aromatic heterocycles. The molecule has 3 aromatic rings. The number of carbonyl (C=O) groups is 2. The molecule has 0 spiro atoms. The summed E-state index contributed by atoms with van der Waals surface area (Å²) in [6.45, 7) is 6.51. The molecule has 9 heteroatoms. The highest BCUT2D eigenvalue weighted by Crippen LogP contribution is 2.32. The molecule has 1 saturated heterocycles. The molecule has 0 aliphatic carbocycles. The number of likely N-dealkylation sites (tertiary alicyclic amines) is 1. The van der Waals surface area contributed by atoms with E-state index in [4.69, 9.17) is 16.0 Å². The molecule has 2 heterocycles. The van der Waals surface area contributed by atoms with Crippen molar-refractivity contribution in [3.63, 3.8) is 0 Å². The molecule has 0 saturated carbocycles. The molecule has 34 heavy (non-hydrogen) atoms. The third-order valence-electron chi connectivity index (χ3n) is 5.87. The molecule has 1 aliphatic rings. The van der Waals surface area contributed by atoms with Crippen LogP contribution in [0.1, 0.15) is 43.5 Å². The number of benzene rings is 2. The summed E-state index contributed by atoms with van der Waals surface area (Å²) in [5, 5.41) is 8.72. The number of imide groups is 1. The fourth-order valence-corrected chi connectivity index (χ4v) is 5.06. The Kier molecular flexibility index (Phi) is 7.90. The van der Waals surface area contributed by atoms with Gasteiger partial charge in [-0.25, -0.2) is 0 Å². The Bertz CT molecular complexity index is 1130. The molecule has 1 fully saturated rings. The van der Waals surface area contributed by atoms with E-state index in [0.717, 1.165) is 37.2 Å². The number of amides is 2. The van der Waals surface area contributed by atoms with Crippen LogP contribution in [0, 0.1) is 0 Å². The Morgan fingerprint density at radius 3 is 2.47 bits per heavy atom. The van der Waals surface area contributed by atoms with Crippen LogP contribution in [0.3, 0.4) is 0 Å². The second-order valence-corrected chi connectivity index (χ2v) is 9.59. The molecule has 0 bridgehead atoms. The summed E-state index contributed by atoms with van der Waals surface area (Å²) < 4.78 is 5.86. The summed E-state index contributed by atoms with van der Waals surface area (Å²) in [6.07, 6.45) is 2.24. The fraction of sp³-hybridized carbons (Fsp3) is 0.360. The number of hydrogen-bond donors (Lipinski definition) is 0. The second kappa shape index (κ2) is 11.1. The molecule has 4 rings (SSSR count). The zero-order chi connectivity index (χ0) is 24.1. The van der Waals surface area contributed by atoms with Gasteiger partial charge in [-0.2, -0.15) is 0 Å². The van der Waals surface area contributed by atoms with Crippen LogP contribution in [0.4, 0.5) is 5.69 Å². The van der Waals surface area contributed by atoms with E-state index in [-0.39, 0.29) is 11.8 Å². The average molecular weight is 499 g/mol. The number of anilines is 1. The first-order chi connectivity index (χ1) is 16.5. The summed E-state index contributed by atoms with van der Waals surface area (Å²) in [5.74, 6) is -0.136. The molecule has 178 valence electrons. The Morgan fingerprint density at radius 1 is 1.09 bits per heavy atom. The van der Waals surface area contributed by atoms with Crippen LogP contribution in [0.25, 0.3) is 11.5 Å². The lowest BCUT2D eigenvalue weighted by Crippen LogP contribution is -2.41.